The molecule has 1 atom stereocenters. The van der Waals surface area contributed by atoms with Crippen LogP contribution in [-0.2, 0) is 24.5 Å². The molecule has 0 radical (unpaired) electrons. The second-order valence-electron chi connectivity index (χ2n) is 6.62. The smallest absolute Gasteiger partial charge is 0.329 e. The van der Waals surface area contributed by atoms with Gasteiger partial charge in [-0.05, 0) is 29.5 Å². The van der Waals surface area contributed by atoms with Gasteiger partial charge in [0.15, 0.2) is 17.5 Å². The van der Waals surface area contributed by atoms with Gasteiger partial charge < -0.3 is 4.74 Å². The van der Waals surface area contributed by atoms with Gasteiger partial charge in [0.25, 0.3) is 0 Å². The van der Waals surface area contributed by atoms with E-state index in [9.17, 15) is 14.4 Å². The molecule has 23 heavy (non-hydrogen) atoms. The Morgan fingerprint density at radius 3 is 2.26 bits per heavy atom. The van der Waals surface area contributed by atoms with Crippen LogP contribution in [0.1, 0.15) is 38.8 Å². The van der Waals surface area contributed by atoms with Crippen molar-refractivity contribution in [1.82, 2.24) is 0 Å². The molecule has 1 heterocycles. The first-order chi connectivity index (χ1) is 10.7. The highest BCUT2D eigenvalue weighted by Crippen LogP contribution is 2.22. The first-order valence-electron chi connectivity index (χ1n) is 7.45. The standard InChI is InChI=1S/C19H20O4/c1-12-11-16(21)17(18(22)23-12)15(20)10-7-13-5-8-14(9-6-13)19(2,3)4/h5-11,17H,1-4H3/b10-7+/t17-/m0/s1. The molecule has 0 unspecified atom stereocenters. The van der Waals surface area contributed by atoms with Gasteiger partial charge in [-0.1, -0.05) is 51.1 Å². The van der Waals surface area contributed by atoms with Crippen molar-refractivity contribution < 1.29 is 19.1 Å². The van der Waals surface area contributed by atoms with Crippen LogP contribution in [0.4, 0.5) is 0 Å². The van der Waals surface area contributed by atoms with Gasteiger partial charge in [0, 0.05) is 6.08 Å². The van der Waals surface area contributed by atoms with Gasteiger partial charge in [0.1, 0.15) is 5.76 Å². The molecule has 0 bridgehead atoms. The Balaban J connectivity index is 2.12. The number of esters is 1. The molecule has 1 aromatic rings. The van der Waals surface area contributed by atoms with Crippen LogP contribution >= 0.6 is 0 Å². The third kappa shape index (κ3) is 4.03. The molecule has 1 aliphatic heterocycles. The van der Waals surface area contributed by atoms with Gasteiger partial charge in [-0.2, -0.15) is 0 Å². The van der Waals surface area contributed by atoms with E-state index < -0.39 is 23.5 Å². The largest absolute Gasteiger partial charge is 0.430 e. The predicted octanol–water partition coefficient (Wildman–Crippen LogP) is 3.21. The predicted molar refractivity (Wildman–Crippen MR) is 87.5 cm³/mol. The van der Waals surface area contributed by atoms with Gasteiger partial charge in [0.05, 0.1) is 0 Å². The molecule has 4 heteroatoms. The summed E-state index contributed by atoms with van der Waals surface area (Å²) in [4.78, 5) is 35.6. The zero-order chi connectivity index (χ0) is 17.2. The van der Waals surface area contributed by atoms with Crippen molar-refractivity contribution in [3.8, 4) is 0 Å². The van der Waals surface area contributed by atoms with Crippen LogP contribution in [0.5, 0.6) is 0 Å². The highest BCUT2D eigenvalue weighted by Gasteiger charge is 2.36. The molecule has 2 rings (SSSR count). The van der Waals surface area contributed by atoms with Crippen LogP contribution in [0, 0.1) is 5.92 Å². The Morgan fingerprint density at radius 1 is 1.13 bits per heavy atom. The molecule has 1 aliphatic rings. The molecular formula is C19H20O4. The fourth-order valence-corrected chi connectivity index (χ4v) is 2.27. The van der Waals surface area contributed by atoms with Gasteiger partial charge in [-0.15, -0.1) is 0 Å². The summed E-state index contributed by atoms with van der Waals surface area (Å²) in [6, 6.07) is 7.79. The van der Waals surface area contributed by atoms with Crippen LogP contribution in [0.3, 0.4) is 0 Å². The molecule has 0 spiro atoms. The highest BCUT2D eigenvalue weighted by molar-refractivity contribution is 6.25. The normalized spacial score (nSPS) is 18.8. The van der Waals surface area contributed by atoms with Gasteiger partial charge in [-0.3, -0.25) is 14.4 Å². The first-order valence-corrected chi connectivity index (χ1v) is 7.45. The number of cyclic esters (lactones) is 1. The van der Waals surface area contributed by atoms with Crippen LogP contribution in [0.2, 0.25) is 0 Å². The summed E-state index contributed by atoms with van der Waals surface area (Å²) < 4.78 is 4.84. The number of carbonyl (C=O) groups is 3. The Labute approximate surface area is 135 Å². The number of hydrogen-bond donors (Lipinski definition) is 0. The molecule has 0 aliphatic carbocycles. The van der Waals surface area contributed by atoms with Crippen molar-refractivity contribution in [3.63, 3.8) is 0 Å². The van der Waals surface area contributed by atoms with E-state index in [2.05, 4.69) is 20.8 Å². The maximum atomic E-state index is 12.1. The summed E-state index contributed by atoms with van der Waals surface area (Å²) in [5.41, 5.74) is 2.07. The first kappa shape index (κ1) is 16.9. The van der Waals surface area contributed by atoms with Crippen molar-refractivity contribution >= 4 is 23.6 Å². The van der Waals surface area contributed by atoms with Crippen LogP contribution in [0.15, 0.2) is 42.2 Å². The number of ether oxygens (including phenoxy) is 1. The lowest BCUT2D eigenvalue weighted by molar-refractivity contribution is -0.151. The molecule has 0 N–H and O–H groups in total. The maximum Gasteiger partial charge on any atom is 0.329 e. The monoisotopic (exact) mass is 312 g/mol. The molecule has 0 aromatic heterocycles. The number of hydrogen-bond acceptors (Lipinski definition) is 4. The minimum atomic E-state index is -1.39. The van der Waals surface area contributed by atoms with Crippen molar-refractivity contribution in [1.29, 1.82) is 0 Å². The summed E-state index contributed by atoms with van der Waals surface area (Å²) in [5.74, 6) is -3.08. The molecule has 120 valence electrons. The number of carbonyl (C=O) groups excluding carboxylic acids is 3. The van der Waals surface area contributed by atoms with E-state index >= 15 is 0 Å². The number of benzene rings is 1. The zero-order valence-corrected chi connectivity index (χ0v) is 13.8. The summed E-state index contributed by atoms with van der Waals surface area (Å²) in [7, 11) is 0. The van der Waals surface area contributed by atoms with E-state index in [1.54, 1.807) is 6.08 Å². The van der Waals surface area contributed by atoms with Crippen molar-refractivity contribution in [2.45, 2.75) is 33.1 Å². The Kier molecular flexibility index (Phi) is 4.64. The average molecular weight is 312 g/mol. The minimum absolute atomic E-state index is 0.0561. The Hall–Kier alpha value is -2.49. The van der Waals surface area contributed by atoms with Crippen molar-refractivity contribution in [2.75, 3.05) is 0 Å². The topological polar surface area (TPSA) is 60.4 Å². The summed E-state index contributed by atoms with van der Waals surface area (Å²) >= 11 is 0. The second kappa shape index (κ2) is 6.32. The van der Waals surface area contributed by atoms with Crippen LogP contribution in [0.25, 0.3) is 6.08 Å². The molecule has 1 aromatic carbocycles. The van der Waals surface area contributed by atoms with Gasteiger partial charge in [-0.25, -0.2) is 0 Å². The number of ketones is 2. The van der Waals surface area contributed by atoms with Gasteiger partial charge in [0.2, 0.25) is 0 Å². The average Bonchev–Trinajstić information content (AvgIpc) is 2.43. The van der Waals surface area contributed by atoms with E-state index in [1.165, 1.54) is 24.6 Å². The summed E-state index contributed by atoms with van der Waals surface area (Å²) in [5, 5.41) is 0. The Bertz CT molecular complexity index is 700. The van der Waals surface area contributed by atoms with Crippen molar-refractivity contribution in [3.05, 3.63) is 53.3 Å². The zero-order valence-electron chi connectivity index (χ0n) is 13.8. The lowest BCUT2D eigenvalue weighted by atomic mass is 9.86. The highest BCUT2D eigenvalue weighted by atomic mass is 16.5. The summed E-state index contributed by atoms with van der Waals surface area (Å²) in [6.45, 7) is 7.87. The van der Waals surface area contributed by atoms with E-state index in [0.717, 1.165) is 5.56 Å². The third-order valence-electron chi connectivity index (χ3n) is 3.63. The maximum absolute atomic E-state index is 12.1. The lowest BCUT2D eigenvalue weighted by Gasteiger charge is -2.18. The fraction of sp³-hybridized carbons (Fsp3) is 0.316. The minimum Gasteiger partial charge on any atom is -0.430 e. The second-order valence-corrected chi connectivity index (χ2v) is 6.62. The molecule has 0 amide bonds. The SMILES string of the molecule is CC1=CC(=O)[C@H](C(=O)/C=C/c2ccc(C(C)(C)C)cc2)C(=O)O1. The van der Waals surface area contributed by atoms with Gasteiger partial charge >= 0.3 is 5.97 Å². The molecule has 0 saturated carbocycles. The molecule has 0 fully saturated rings. The van der Waals surface area contributed by atoms with Crippen LogP contribution < -0.4 is 0 Å². The number of allylic oxidation sites excluding steroid dienone is 3. The molecular weight excluding hydrogens is 292 g/mol. The van der Waals surface area contributed by atoms with E-state index in [1.807, 2.05) is 24.3 Å². The fourth-order valence-electron chi connectivity index (χ4n) is 2.27. The Morgan fingerprint density at radius 2 is 1.74 bits per heavy atom. The van der Waals surface area contributed by atoms with Crippen LogP contribution in [-0.4, -0.2) is 17.5 Å². The van der Waals surface area contributed by atoms with E-state index in [4.69, 9.17) is 4.74 Å². The summed E-state index contributed by atoms with van der Waals surface area (Å²) in [6.07, 6.45) is 4.03. The lowest BCUT2D eigenvalue weighted by Crippen LogP contribution is -2.34. The molecule has 4 nitrogen and oxygen atoms in total. The third-order valence-corrected chi connectivity index (χ3v) is 3.63. The molecule has 0 saturated heterocycles. The quantitative estimate of drug-likeness (QED) is 0.488. The van der Waals surface area contributed by atoms with E-state index in [-0.39, 0.29) is 11.2 Å². The van der Waals surface area contributed by atoms with Crippen molar-refractivity contribution in [2.24, 2.45) is 5.92 Å². The number of rotatable bonds is 3. The van der Waals surface area contributed by atoms with E-state index in [0.29, 0.717) is 0 Å².